The lowest BCUT2D eigenvalue weighted by atomic mass is 9.74. The van der Waals surface area contributed by atoms with E-state index in [1.165, 1.54) is 0 Å². The minimum atomic E-state index is -0.782. The minimum Gasteiger partial charge on any atom is -0.481 e. The second-order valence-corrected chi connectivity index (χ2v) is 7.20. The Labute approximate surface area is 128 Å². The summed E-state index contributed by atoms with van der Waals surface area (Å²) < 4.78 is 0. The van der Waals surface area contributed by atoms with E-state index in [1.807, 2.05) is 11.9 Å². The summed E-state index contributed by atoms with van der Waals surface area (Å²) in [6, 6.07) is 0.0292. The number of carbonyl (C=O) groups excluding carboxylic acids is 1. The van der Waals surface area contributed by atoms with Gasteiger partial charge in [-0.25, -0.2) is 4.79 Å². The second kappa shape index (κ2) is 7.14. The number of carbonyl (C=O) groups is 2. The number of amides is 2. The Morgan fingerprint density at radius 1 is 1.38 bits per heavy atom. The van der Waals surface area contributed by atoms with Crippen molar-refractivity contribution in [3.8, 4) is 0 Å². The summed E-state index contributed by atoms with van der Waals surface area (Å²) in [5.41, 5.74) is -0.782. The molecule has 1 aliphatic heterocycles. The lowest BCUT2D eigenvalue weighted by Gasteiger charge is -2.40. The van der Waals surface area contributed by atoms with Gasteiger partial charge in [0.15, 0.2) is 0 Å². The van der Waals surface area contributed by atoms with Gasteiger partial charge in [0.05, 0.1) is 5.41 Å². The third-order valence-electron chi connectivity index (χ3n) is 4.63. The van der Waals surface area contributed by atoms with E-state index in [2.05, 4.69) is 13.8 Å². The molecule has 0 bridgehead atoms. The van der Waals surface area contributed by atoms with Gasteiger partial charge >= 0.3 is 12.0 Å². The fraction of sp³-hybridized carbons (Fsp3) is 0.875. The molecule has 0 saturated carbocycles. The van der Waals surface area contributed by atoms with E-state index in [1.54, 1.807) is 18.7 Å². The van der Waals surface area contributed by atoms with Gasteiger partial charge in [-0.3, -0.25) is 4.79 Å². The molecule has 1 unspecified atom stereocenters. The van der Waals surface area contributed by atoms with Crippen molar-refractivity contribution < 1.29 is 14.7 Å². The van der Waals surface area contributed by atoms with Crippen LogP contribution in [-0.4, -0.2) is 53.6 Å². The van der Waals surface area contributed by atoms with Gasteiger partial charge < -0.3 is 14.9 Å². The van der Waals surface area contributed by atoms with Crippen LogP contribution >= 0.6 is 0 Å². The van der Waals surface area contributed by atoms with Crippen LogP contribution in [0.5, 0.6) is 0 Å². The zero-order valence-electron chi connectivity index (χ0n) is 14.1. The summed E-state index contributed by atoms with van der Waals surface area (Å²) in [4.78, 5) is 27.4. The maximum atomic E-state index is 12.5. The molecule has 1 fully saturated rings. The van der Waals surface area contributed by atoms with Gasteiger partial charge in [0.1, 0.15) is 0 Å². The molecule has 0 aromatic rings. The fourth-order valence-electron chi connectivity index (χ4n) is 2.70. The third kappa shape index (κ3) is 4.61. The van der Waals surface area contributed by atoms with E-state index in [4.69, 9.17) is 0 Å². The van der Waals surface area contributed by atoms with Crippen molar-refractivity contribution in [2.75, 3.05) is 26.7 Å². The zero-order valence-corrected chi connectivity index (χ0v) is 14.1. The summed E-state index contributed by atoms with van der Waals surface area (Å²) >= 11 is 0. The van der Waals surface area contributed by atoms with E-state index >= 15 is 0 Å². The molecule has 5 nitrogen and oxygen atoms in total. The molecular weight excluding hydrogens is 268 g/mol. The van der Waals surface area contributed by atoms with E-state index in [-0.39, 0.29) is 11.9 Å². The van der Waals surface area contributed by atoms with Gasteiger partial charge in [-0.1, -0.05) is 13.8 Å². The first-order valence-electron chi connectivity index (χ1n) is 7.89. The molecular formula is C16H30N2O3. The maximum Gasteiger partial charge on any atom is 0.319 e. The van der Waals surface area contributed by atoms with Gasteiger partial charge in [0.2, 0.25) is 0 Å². The maximum absolute atomic E-state index is 12.5. The number of likely N-dealkylation sites (tertiary alicyclic amines) is 1. The fourth-order valence-corrected chi connectivity index (χ4v) is 2.70. The quantitative estimate of drug-likeness (QED) is 0.849. The molecule has 1 atom stereocenters. The molecule has 1 N–H and O–H groups in total. The van der Waals surface area contributed by atoms with Crippen molar-refractivity contribution in [1.82, 2.24) is 9.80 Å². The summed E-state index contributed by atoms with van der Waals surface area (Å²) in [5, 5.41) is 9.36. The first-order valence-corrected chi connectivity index (χ1v) is 7.89. The molecule has 0 aromatic carbocycles. The average molecular weight is 298 g/mol. The first kappa shape index (κ1) is 17.8. The summed E-state index contributed by atoms with van der Waals surface area (Å²) in [6.45, 7) is 9.84. The Balaban J connectivity index is 2.63. The van der Waals surface area contributed by atoms with Crippen molar-refractivity contribution in [3.05, 3.63) is 0 Å². The largest absolute Gasteiger partial charge is 0.481 e. The molecule has 2 amide bonds. The molecule has 1 saturated heterocycles. The smallest absolute Gasteiger partial charge is 0.319 e. The predicted molar refractivity (Wildman–Crippen MR) is 83.2 cm³/mol. The molecule has 0 aliphatic carbocycles. The molecule has 122 valence electrons. The predicted octanol–water partition coefficient (Wildman–Crippen LogP) is 2.91. The Hall–Kier alpha value is -1.26. The number of carboxylic acids is 1. The highest BCUT2D eigenvalue weighted by Gasteiger charge is 2.40. The number of rotatable bonds is 5. The number of piperidine rings is 1. The molecule has 0 spiro atoms. The summed E-state index contributed by atoms with van der Waals surface area (Å²) in [6.07, 6.45) is 2.74. The molecule has 5 heteroatoms. The van der Waals surface area contributed by atoms with E-state index in [0.717, 1.165) is 32.4 Å². The number of aliphatic carboxylic acids is 1. The van der Waals surface area contributed by atoms with Gasteiger partial charge in [-0.15, -0.1) is 0 Å². The number of urea groups is 1. The number of carboxylic acid groups (broad SMARTS) is 1. The van der Waals surface area contributed by atoms with Crippen molar-refractivity contribution in [3.63, 3.8) is 0 Å². The van der Waals surface area contributed by atoms with Gasteiger partial charge in [0, 0.05) is 26.7 Å². The lowest BCUT2D eigenvalue weighted by Crippen LogP contribution is -2.50. The van der Waals surface area contributed by atoms with E-state index in [0.29, 0.717) is 12.5 Å². The Morgan fingerprint density at radius 2 is 2.00 bits per heavy atom. The molecule has 1 aliphatic rings. The van der Waals surface area contributed by atoms with Crippen LogP contribution in [0.15, 0.2) is 0 Å². The van der Waals surface area contributed by atoms with Crippen molar-refractivity contribution in [1.29, 1.82) is 0 Å². The Bertz CT molecular complexity index is 380. The van der Waals surface area contributed by atoms with Gasteiger partial charge in [0.25, 0.3) is 0 Å². The van der Waals surface area contributed by atoms with Crippen molar-refractivity contribution in [2.45, 2.75) is 47.0 Å². The SMILES string of the molecule is CC(C)CCN(C)C(=O)N1CCCC(C(C)(C)C(=O)O)C1. The van der Waals surface area contributed by atoms with Crippen LogP contribution in [0.4, 0.5) is 4.79 Å². The van der Waals surface area contributed by atoms with Crippen LogP contribution < -0.4 is 0 Å². The van der Waals surface area contributed by atoms with Crippen LogP contribution in [0.3, 0.4) is 0 Å². The van der Waals surface area contributed by atoms with Gasteiger partial charge in [-0.2, -0.15) is 0 Å². The average Bonchev–Trinajstić information content (AvgIpc) is 2.43. The number of nitrogens with zero attached hydrogens (tertiary/aromatic N) is 2. The van der Waals surface area contributed by atoms with Crippen LogP contribution in [0.25, 0.3) is 0 Å². The highest BCUT2D eigenvalue weighted by molar-refractivity contribution is 5.76. The zero-order chi connectivity index (χ0) is 16.2. The van der Waals surface area contributed by atoms with E-state index < -0.39 is 11.4 Å². The second-order valence-electron chi connectivity index (χ2n) is 7.20. The number of hydrogen-bond donors (Lipinski definition) is 1. The molecule has 21 heavy (non-hydrogen) atoms. The highest BCUT2D eigenvalue weighted by Crippen LogP contribution is 2.34. The molecule has 0 aromatic heterocycles. The van der Waals surface area contributed by atoms with Crippen molar-refractivity contribution in [2.24, 2.45) is 17.3 Å². The topological polar surface area (TPSA) is 60.9 Å². The molecule has 0 radical (unpaired) electrons. The van der Waals surface area contributed by atoms with Gasteiger partial charge in [-0.05, 0) is 44.9 Å². The standard InChI is InChI=1S/C16H30N2O3/c1-12(2)8-10-17(5)15(21)18-9-6-7-13(11-18)16(3,4)14(19)20/h12-13H,6-11H2,1-5H3,(H,19,20). The summed E-state index contributed by atoms with van der Waals surface area (Å²) in [5.74, 6) is -0.193. The van der Waals surface area contributed by atoms with Crippen molar-refractivity contribution >= 4 is 12.0 Å². The number of hydrogen-bond acceptors (Lipinski definition) is 2. The highest BCUT2D eigenvalue weighted by atomic mass is 16.4. The minimum absolute atomic E-state index is 0.0196. The monoisotopic (exact) mass is 298 g/mol. The van der Waals surface area contributed by atoms with Crippen LogP contribution in [0.1, 0.15) is 47.0 Å². The summed E-state index contributed by atoms with van der Waals surface area (Å²) in [7, 11) is 1.83. The first-order chi connectivity index (χ1) is 9.66. The normalized spacial score (nSPS) is 19.7. The Kier molecular flexibility index (Phi) is 6.05. The van der Waals surface area contributed by atoms with Crippen LogP contribution in [0.2, 0.25) is 0 Å². The van der Waals surface area contributed by atoms with E-state index in [9.17, 15) is 14.7 Å². The van der Waals surface area contributed by atoms with Crippen LogP contribution in [-0.2, 0) is 4.79 Å². The molecule has 1 rings (SSSR count). The van der Waals surface area contributed by atoms with Crippen LogP contribution in [0, 0.1) is 17.3 Å². The Morgan fingerprint density at radius 3 is 2.52 bits per heavy atom. The lowest BCUT2D eigenvalue weighted by molar-refractivity contribution is -0.151. The third-order valence-corrected chi connectivity index (χ3v) is 4.63. The molecule has 1 heterocycles.